The lowest BCUT2D eigenvalue weighted by Crippen LogP contribution is -2.23. The fourth-order valence-corrected chi connectivity index (χ4v) is 3.68. The van der Waals surface area contributed by atoms with E-state index in [1.165, 1.54) is 43.0 Å². The maximum Gasteiger partial charge on any atom is 0.216 e. The molecule has 0 unspecified atom stereocenters. The van der Waals surface area contributed by atoms with E-state index in [0.717, 1.165) is 5.69 Å². The van der Waals surface area contributed by atoms with Crippen LogP contribution in [-0.2, 0) is 11.2 Å². The zero-order chi connectivity index (χ0) is 20.8. The first-order valence-corrected chi connectivity index (χ1v) is 10.2. The molecule has 1 aromatic heterocycles. The van der Waals surface area contributed by atoms with E-state index in [-0.39, 0.29) is 17.4 Å². The largest absolute Gasteiger partial charge is 0.356 e. The first-order chi connectivity index (χ1) is 13.9. The molecule has 0 spiro atoms. The average molecular weight is 433 g/mol. The maximum atomic E-state index is 13.1. The number of rotatable bonds is 8. The van der Waals surface area contributed by atoms with Crippen LogP contribution in [0.2, 0.25) is 5.02 Å². The minimum absolute atomic E-state index is 0.121. The second kappa shape index (κ2) is 9.67. The Bertz CT molecular complexity index is 1020. The molecule has 3 rings (SSSR count). The molecule has 1 N–H and O–H groups in total. The summed E-state index contributed by atoms with van der Waals surface area (Å²) in [5.74, 6) is 0.0981. The fraction of sp³-hybridized carbons (Fsp3) is 0.200. The molecular formula is C20H18ClFN4O2S. The van der Waals surface area contributed by atoms with E-state index in [9.17, 15) is 14.0 Å². The number of amides is 1. The minimum atomic E-state index is -0.390. The van der Waals surface area contributed by atoms with Crippen molar-refractivity contribution in [2.24, 2.45) is 0 Å². The van der Waals surface area contributed by atoms with Crippen LogP contribution < -0.4 is 5.32 Å². The molecule has 2 aromatic carbocycles. The van der Waals surface area contributed by atoms with Crippen molar-refractivity contribution in [3.63, 3.8) is 0 Å². The number of hydrogen-bond donors (Lipinski definition) is 1. The quantitative estimate of drug-likeness (QED) is 0.433. The summed E-state index contributed by atoms with van der Waals surface area (Å²) in [7, 11) is 0. The Balaban J connectivity index is 1.81. The maximum absolute atomic E-state index is 13.1. The molecule has 150 valence electrons. The summed E-state index contributed by atoms with van der Waals surface area (Å²) in [6.07, 6.45) is 0.464. The van der Waals surface area contributed by atoms with Crippen molar-refractivity contribution in [2.75, 3.05) is 12.3 Å². The van der Waals surface area contributed by atoms with Crippen LogP contribution in [0.4, 0.5) is 4.39 Å². The second-order valence-electron chi connectivity index (χ2n) is 6.17. The molecule has 0 aliphatic carbocycles. The van der Waals surface area contributed by atoms with Crippen LogP contribution in [0.1, 0.15) is 23.1 Å². The number of carbonyl (C=O) groups is 2. The van der Waals surface area contributed by atoms with Crippen LogP contribution in [-0.4, -0.2) is 38.8 Å². The Morgan fingerprint density at radius 1 is 1.17 bits per heavy atom. The molecule has 0 saturated heterocycles. The summed E-state index contributed by atoms with van der Waals surface area (Å²) in [5, 5.41) is 12.2. The molecule has 1 amide bonds. The normalized spacial score (nSPS) is 10.7. The van der Waals surface area contributed by atoms with Gasteiger partial charge in [-0.2, -0.15) is 0 Å². The van der Waals surface area contributed by atoms with Gasteiger partial charge in [-0.25, -0.2) is 4.39 Å². The standard InChI is InChI=1S/C20H18ClFN4O2S/c1-13(27)23-10-9-19-24-25-20(26(19)17-4-2-3-15(21)11-17)29-12-18(28)14-5-7-16(22)8-6-14/h2-8,11H,9-10,12H2,1H3,(H,23,27). The molecule has 3 aromatic rings. The topological polar surface area (TPSA) is 76.9 Å². The van der Waals surface area contributed by atoms with Crippen LogP contribution in [0, 0.1) is 5.82 Å². The molecule has 0 radical (unpaired) electrons. The van der Waals surface area contributed by atoms with Crippen LogP contribution in [0.15, 0.2) is 53.7 Å². The number of carbonyl (C=O) groups excluding carboxylic acids is 2. The van der Waals surface area contributed by atoms with Gasteiger partial charge in [-0.15, -0.1) is 10.2 Å². The van der Waals surface area contributed by atoms with Gasteiger partial charge >= 0.3 is 0 Å². The smallest absolute Gasteiger partial charge is 0.216 e. The summed E-state index contributed by atoms with van der Waals surface area (Å²) in [4.78, 5) is 23.6. The zero-order valence-corrected chi connectivity index (χ0v) is 17.1. The van der Waals surface area contributed by atoms with Gasteiger partial charge in [0, 0.05) is 30.5 Å². The van der Waals surface area contributed by atoms with Gasteiger partial charge in [-0.1, -0.05) is 29.4 Å². The molecule has 0 fully saturated rings. The van der Waals surface area contributed by atoms with E-state index in [2.05, 4.69) is 15.5 Å². The Morgan fingerprint density at radius 3 is 2.62 bits per heavy atom. The van der Waals surface area contributed by atoms with E-state index in [1.807, 2.05) is 16.7 Å². The lowest BCUT2D eigenvalue weighted by molar-refractivity contribution is -0.118. The highest BCUT2D eigenvalue weighted by atomic mass is 35.5. The SMILES string of the molecule is CC(=O)NCCc1nnc(SCC(=O)c2ccc(F)cc2)n1-c1cccc(Cl)c1. The summed E-state index contributed by atoms with van der Waals surface area (Å²) < 4.78 is 14.9. The van der Waals surface area contributed by atoms with Crippen molar-refractivity contribution in [3.05, 3.63) is 70.8 Å². The van der Waals surface area contributed by atoms with Gasteiger partial charge in [0.1, 0.15) is 11.6 Å². The van der Waals surface area contributed by atoms with Gasteiger partial charge in [0.15, 0.2) is 10.9 Å². The van der Waals surface area contributed by atoms with Crippen LogP contribution in [0.5, 0.6) is 0 Å². The number of benzene rings is 2. The molecule has 0 bridgehead atoms. The predicted molar refractivity (Wildman–Crippen MR) is 110 cm³/mol. The number of ketones is 1. The van der Waals surface area contributed by atoms with Gasteiger partial charge in [-0.3, -0.25) is 14.2 Å². The fourth-order valence-electron chi connectivity index (χ4n) is 2.63. The van der Waals surface area contributed by atoms with E-state index in [4.69, 9.17) is 11.6 Å². The molecule has 6 nitrogen and oxygen atoms in total. The van der Waals surface area contributed by atoms with Gasteiger partial charge in [0.2, 0.25) is 5.91 Å². The number of nitrogens with zero attached hydrogens (tertiary/aromatic N) is 3. The highest BCUT2D eigenvalue weighted by Crippen LogP contribution is 2.25. The van der Waals surface area contributed by atoms with Crippen molar-refractivity contribution in [1.82, 2.24) is 20.1 Å². The van der Waals surface area contributed by atoms with E-state index in [0.29, 0.717) is 34.5 Å². The molecule has 9 heteroatoms. The van der Waals surface area contributed by atoms with Gasteiger partial charge in [0.25, 0.3) is 0 Å². The number of hydrogen-bond acceptors (Lipinski definition) is 5. The Kier molecular flexibility index (Phi) is 7.00. The molecule has 0 aliphatic heterocycles. The molecule has 1 heterocycles. The van der Waals surface area contributed by atoms with Crippen molar-refractivity contribution >= 4 is 35.1 Å². The molecular weight excluding hydrogens is 415 g/mol. The molecule has 0 saturated carbocycles. The number of aromatic nitrogens is 3. The summed E-state index contributed by atoms with van der Waals surface area (Å²) in [6.45, 7) is 1.86. The number of thioether (sulfide) groups is 1. The highest BCUT2D eigenvalue weighted by Gasteiger charge is 2.17. The second-order valence-corrected chi connectivity index (χ2v) is 7.54. The lowest BCUT2D eigenvalue weighted by Gasteiger charge is -2.11. The summed E-state index contributed by atoms with van der Waals surface area (Å²) in [5.41, 5.74) is 1.19. The summed E-state index contributed by atoms with van der Waals surface area (Å²) in [6, 6.07) is 12.6. The molecule has 0 aliphatic rings. The van der Waals surface area contributed by atoms with Crippen LogP contribution in [0.3, 0.4) is 0 Å². The van der Waals surface area contributed by atoms with Gasteiger partial charge in [0.05, 0.1) is 11.4 Å². The van der Waals surface area contributed by atoms with Crippen molar-refractivity contribution in [1.29, 1.82) is 0 Å². The first kappa shape index (κ1) is 21.0. The third-order valence-corrected chi connectivity index (χ3v) is 5.15. The van der Waals surface area contributed by atoms with Crippen molar-refractivity contribution in [2.45, 2.75) is 18.5 Å². The first-order valence-electron chi connectivity index (χ1n) is 8.80. The highest BCUT2D eigenvalue weighted by molar-refractivity contribution is 7.99. The van der Waals surface area contributed by atoms with Gasteiger partial charge in [-0.05, 0) is 42.5 Å². The third-order valence-electron chi connectivity index (χ3n) is 3.99. The van der Waals surface area contributed by atoms with Crippen molar-refractivity contribution < 1.29 is 14.0 Å². The Hall–Kier alpha value is -2.71. The lowest BCUT2D eigenvalue weighted by atomic mass is 10.1. The Morgan fingerprint density at radius 2 is 1.93 bits per heavy atom. The molecule has 29 heavy (non-hydrogen) atoms. The average Bonchev–Trinajstić information content (AvgIpc) is 3.09. The summed E-state index contributed by atoms with van der Waals surface area (Å²) >= 11 is 7.36. The number of nitrogens with one attached hydrogen (secondary N) is 1. The number of Topliss-reactive ketones (excluding diaryl/α,β-unsaturated/α-hetero) is 1. The third kappa shape index (κ3) is 5.65. The molecule has 0 atom stereocenters. The minimum Gasteiger partial charge on any atom is -0.356 e. The van der Waals surface area contributed by atoms with Gasteiger partial charge < -0.3 is 5.32 Å². The monoisotopic (exact) mass is 432 g/mol. The number of halogens is 2. The van der Waals surface area contributed by atoms with E-state index in [1.54, 1.807) is 12.1 Å². The van der Waals surface area contributed by atoms with Crippen LogP contribution in [0.25, 0.3) is 5.69 Å². The van der Waals surface area contributed by atoms with Crippen LogP contribution >= 0.6 is 23.4 Å². The predicted octanol–water partition coefficient (Wildman–Crippen LogP) is 3.71. The zero-order valence-electron chi connectivity index (χ0n) is 15.6. The van der Waals surface area contributed by atoms with Crippen molar-refractivity contribution in [3.8, 4) is 5.69 Å². The van der Waals surface area contributed by atoms with E-state index >= 15 is 0 Å². The van der Waals surface area contributed by atoms with E-state index < -0.39 is 5.82 Å². The Labute approximate surface area is 176 Å².